The molecule has 1 heterocycles. The Hall–Kier alpha value is -0.890. The fourth-order valence-electron chi connectivity index (χ4n) is 0.842. The van der Waals surface area contributed by atoms with Gasteiger partial charge in [-0.15, -0.1) is 0 Å². The molecule has 0 saturated carbocycles. The van der Waals surface area contributed by atoms with Crippen molar-refractivity contribution < 1.29 is 17.7 Å². The average Bonchev–Trinajstić information content (AvgIpc) is 2.63. The first-order valence-electron chi connectivity index (χ1n) is 3.88. The van der Waals surface area contributed by atoms with Gasteiger partial charge in [0.15, 0.2) is 0 Å². The van der Waals surface area contributed by atoms with Crippen LogP contribution < -0.4 is 10.2 Å². The van der Waals surface area contributed by atoms with E-state index in [1.54, 1.807) is 6.07 Å². The number of nitrogens with one attached hydrogen (secondary N) is 2. The topological polar surface area (TPSA) is 80.6 Å². The zero-order valence-electron chi connectivity index (χ0n) is 7.90. The minimum atomic E-state index is -3.49. The SMILES string of the molecule is CNS(=O)(=O)c1ccc(CNOC)o1. The molecule has 0 fully saturated rings. The average molecular weight is 220 g/mol. The van der Waals surface area contributed by atoms with E-state index >= 15 is 0 Å². The molecular weight excluding hydrogens is 208 g/mol. The lowest BCUT2D eigenvalue weighted by molar-refractivity contribution is 0.0808. The van der Waals surface area contributed by atoms with Gasteiger partial charge in [0.25, 0.3) is 10.0 Å². The van der Waals surface area contributed by atoms with Crippen molar-refractivity contribution in [3.8, 4) is 0 Å². The standard InChI is InChI=1S/C7H12N2O4S/c1-8-14(10,11)7-4-3-6(13-7)5-9-12-2/h3-4,8-9H,5H2,1-2H3. The molecule has 0 radical (unpaired) electrons. The third kappa shape index (κ3) is 2.55. The van der Waals surface area contributed by atoms with Crippen molar-refractivity contribution in [3.63, 3.8) is 0 Å². The van der Waals surface area contributed by atoms with Gasteiger partial charge in [0.05, 0.1) is 13.7 Å². The molecule has 0 unspecified atom stereocenters. The Morgan fingerprint density at radius 3 is 2.79 bits per heavy atom. The van der Waals surface area contributed by atoms with E-state index in [4.69, 9.17) is 4.42 Å². The van der Waals surface area contributed by atoms with Gasteiger partial charge >= 0.3 is 0 Å². The highest BCUT2D eigenvalue weighted by molar-refractivity contribution is 7.89. The summed E-state index contributed by atoms with van der Waals surface area (Å²) < 4.78 is 29.7. The molecule has 0 aliphatic heterocycles. The molecular formula is C7H12N2O4S. The van der Waals surface area contributed by atoms with Crippen LogP contribution in [0.15, 0.2) is 21.6 Å². The molecule has 1 aromatic heterocycles. The molecule has 0 atom stereocenters. The Balaban J connectivity index is 2.78. The quantitative estimate of drug-likeness (QED) is 0.674. The van der Waals surface area contributed by atoms with Crippen molar-refractivity contribution >= 4 is 10.0 Å². The molecule has 0 bridgehead atoms. The molecule has 0 aliphatic rings. The van der Waals surface area contributed by atoms with E-state index in [2.05, 4.69) is 15.0 Å². The molecule has 1 aromatic rings. The third-order valence-electron chi connectivity index (χ3n) is 1.56. The van der Waals surface area contributed by atoms with Gasteiger partial charge in [-0.25, -0.2) is 13.1 Å². The molecule has 6 nitrogen and oxygen atoms in total. The summed E-state index contributed by atoms with van der Waals surface area (Å²) in [6, 6.07) is 2.95. The molecule has 0 saturated heterocycles. The summed E-state index contributed by atoms with van der Waals surface area (Å²) in [5.74, 6) is 0.487. The zero-order valence-corrected chi connectivity index (χ0v) is 8.72. The Morgan fingerprint density at radius 2 is 2.21 bits per heavy atom. The summed E-state index contributed by atoms with van der Waals surface area (Å²) in [6.45, 7) is 0.315. The van der Waals surface area contributed by atoms with E-state index in [9.17, 15) is 8.42 Å². The van der Waals surface area contributed by atoms with Crippen molar-refractivity contribution in [1.82, 2.24) is 10.2 Å². The minimum absolute atomic E-state index is 0.104. The lowest BCUT2D eigenvalue weighted by Gasteiger charge is -1.98. The van der Waals surface area contributed by atoms with Crippen LogP contribution in [0.2, 0.25) is 0 Å². The van der Waals surface area contributed by atoms with Crippen LogP contribution >= 0.6 is 0 Å². The van der Waals surface area contributed by atoms with Crippen LogP contribution in [-0.2, 0) is 21.4 Å². The summed E-state index contributed by atoms with van der Waals surface area (Å²) in [5, 5.41) is -0.104. The largest absolute Gasteiger partial charge is 0.447 e. The van der Waals surface area contributed by atoms with Gasteiger partial charge in [-0.1, -0.05) is 0 Å². The van der Waals surface area contributed by atoms with Crippen LogP contribution in [0.4, 0.5) is 0 Å². The van der Waals surface area contributed by atoms with E-state index in [1.807, 2.05) is 0 Å². The fraction of sp³-hybridized carbons (Fsp3) is 0.429. The van der Waals surface area contributed by atoms with Crippen LogP contribution in [0.5, 0.6) is 0 Å². The summed E-state index contributed by atoms with van der Waals surface area (Å²) in [6.07, 6.45) is 0. The Bertz CT molecular complexity index is 384. The maximum absolute atomic E-state index is 11.2. The number of hydrogen-bond acceptors (Lipinski definition) is 5. The van der Waals surface area contributed by atoms with Gasteiger partial charge in [0.1, 0.15) is 5.76 Å². The maximum atomic E-state index is 11.2. The highest BCUT2D eigenvalue weighted by atomic mass is 32.2. The van der Waals surface area contributed by atoms with Gasteiger partial charge in [0.2, 0.25) is 5.09 Å². The number of rotatable bonds is 5. The summed E-state index contributed by atoms with van der Waals surface area (Å²) in [5.41, 5.74) is 2.54. The number of sulfonamides is 1. The second kappa shape index (κ2) is 4.56. The minimum Gasteiger partial charge on any atom is -0.447 e. The van der Waals surface area contributed by atoms with E-state index < -0.39 is 10.0 Å². The van der Waals surface area contributed by atoms with Crippen LogP contribution in [-0.4, -0.2) is 22.6 Å². The highest BCUT2D eigenvalue weighted by Crippen LogP contribution is 2.12. The Kier molecular flexibility index (Phi) is 3.64. The maximum Gasteiger partial charge on any atom is 0.273 e. The van der Waals surface area contributed by atoms with E-state index in [0.29, 0.717) is 12.3 Å². The highest BCUT2D eigenvalue weighted by Gasteiger charge is 2.15. The lowest BCUT2D eigenvalue weighted by atomic mass is 10.5. The molecule has 0 aliphatic carbocycles. The van der Waals surface area contributed by atoms with Crippen molar-refractivity contribution in [3.05, 3.63) is 17.9 Å². The first-order chi connectivity index (χ1) is 6.60. The number of hydrogen-bond donors (Lipinski definition) is 2. The van der Waals surface area contributed by atoms with Crippen molar-refractivity contribution in [2.24, 2.45) is 0 Å². The van der Waals surface area contributed by atoms with Crippen molar-refractivity contribution in [1.29, 1.82) is 0 Å². The van der Waals surface area contributed by atoms with Crippen LogP contribution in [0.1, 0.15) is 5.76 Å². The Morgan fingerprint density at radius 1 is 1.50 bits per heavy atom. The van der Waals surface area contributed by atoms with Crippen LogP contribution in [0.25, 0.3) is 0 Å². The van der Waals surface area contributed by atoms with Crippen molar-refractivity contribution in [2.45, 2.75) is 11.6 Å². The number of furan rings is 1. The molecule has 80 valence electrons. The zero-order chi connectivity index (χ0) is 10.6. The fourth-order valence-corrected chi connectivity index (χ4v) is 1.51. The molecule has 0 aromatic carbocycles. The molecule has 2 N–H and O–H groups in total. The molecule has 1 rings (SSSR count). The first kappa shape index (κ1) is 11.2. The monoisotopic (exact) mass is 220 g/mol. The lowest BCUT2D eigenvalue weighted by Crippen LogP contribution is -2.17. The predicted octanol–water partition coefficient (Wildman–Crippen LogP) is -0.161. The molecule has 0 spiro atoms. The van der Waals surface area contributed by atoms with Crippen LogP contribution in [0, 0.1) is 0 Å². The summed E-state index contributed by atoms with van der Waals surface area (Å²) >= 11 is 0. The van der Waals surface area contributed by atoms with Gasteiger partial charge in [-0.2, -0.15) is 5.48 Å². The van der Waals surface area contributed by atoms with Gasteiger partial charge in [-0.05, 0) is 19.2 Å². The van der Waals surface area contributed by atoms with Crippen molar-refractivity contribution in [2.75, 3.05) is 14.2 Å². The smallest absolute Gasteiger partial charge is 0.273 e. The normalized spacial score (nSPS) is 11.9. The van der Waals surface area contributed by atoms with Gasteiger partial charge < -0.3 is 9.25 Å². The second-order valence-electron chi connectivity index (χ2n) is 2.45. The molecule has 7 heteroatoms. The predicted molar refractivity (Wildman–Crippen MR) is 48.8 cm³/mol. The third-order valence-corrected chi connectivity index (χ3v) is 2.85. The van der Waals surface area contributed by atoms with Gasteiger partial charge in [0, 0.05) is 0 Å². The Labute approximate surface area is 82.2 Å². The molecule has 0 amide bonds. The van der Waals surface area contributed by atoms with Gasteiger partial charge in [-0.3, -0.25) is 0 Å². The van der Waals surface area contributed by atoms with E-state index in [0.717, 1.165) is 0 Å². The summed E-state index contributed by atoms with van der Waals surface area (Å²) in [4.78, 5) is 4.59. The van der Waals surface area contributed by atoms with E-state index in [-0.39, 0.29) is 5.09 Å². The molecule has 14 heavy (non-hydrogen) atoms. The summed E-state index contributed by atoms with van der Waals surface area (Å²) in [7, 11) is -0.697. The second-order valence-corrected chi connectivity index (χ2v) is 4.27. The number of hydroxylamine groups is 1. The first-order valence-corrected chi connectivity index (χ1v) is 5.36. The van der Waals surface area contributed by atoms with E-state index in [1.165, 1.54) is 20.2 Å². The van der Waals surface area contributed by atoms with Crippen LogP contribution in [0.3, 0.4) is 0 Å².